The highest BCUT2D eigenvalue weighted by Gasteiger charge is 2.31. The van der Waals surface area contributed by atoms with Crippen molar-refractivity contribution < 1.29 is 9.84 Å². The summed E-state index contributed by atoms with van der Waals surface area (Å²) in [6, 6.07) is 1.72. The number of ether oxygens (including phenoxy) is 1. The lowest BCUT2D eigenvalue weighted by atomic mass is 9.94. The maximum Gasteiger partial charge on any atom is 0.191 e. The smallest absolute Gasteiger partial charge is 0.191 e. The van der Waals surface area contributed by atoms with Gasteiger partial charge in [0.1, 0.15) is 11.6 Å². The summed E-state index contributed by atoms with van der Waals surface area (Å²) in [7, 11) is 1.90. The number of hydrogen-bond acceptors (Lipinski definition) is 7. The number of nitrogens with two attached hydrogens (primary N) is 1. The predicted molar refractivity (Wildman–Crippen MR) is 76.5 cm³/mol. The van der Waals surface area contributed by atoms with E-state index in [1.54, 1.807) is 6.07 Å². The van der Waals surface area contributed by atoms with Gasteiger partial charge >= 0.3 is 0 Å². The molecule has 7 heteroatoms. The zero-order chi connectivity index (χ0) is 13.9. The van der Waals surface area contributed by atoms with E-state index in [0.29, 0.717) is 43.6 Å². The van der Waals surface area contributed by atoms with Crippen LogP contribution in [0, 0.1) is 0 Å². The Bertz CT molecular complexity index is 438. The van der Waals surface area contributed by atoms with E-state index < -0.39 is 5.60 Å². The number of aliphatic hydroxyl groups is 1. The predicted octanol–water partition coefficient (Wildman–Crippen LogP) is 0.758. The summed E-state index contributed by atoms with van der Waals surface area (Å²) in [6.45, 7) is 1.72. The number of anilines is 2. The van der Waals surface area contributed by atoms with Crippen molar-refractivity contribution in [3.63, 3.8) is 0 Å². The fraction of sp³-hybridized carbons (Fsp3) is 0.667. The van der Waals surface area contributed by atoms with Gasteiger partial charge < -0.3 is 20.5 Å². The molecule has 2 heterocycles. The molecular weight excluding hydrogens is 264 g/mol. The Morgan fingerprint density at radius 3 is 2.79 bits per heavy atom. The molecule has 1 aromatic rings. The van der Waals surface area contributed by atoms with Crippen LogP contribution in [0.25, 0.3) is 0 Å². The van der Waals surface area contributed by atoms with Gasteiger partial charge in [-0.15, -0.1) is 0 Å². The van der Waals surface area contributed by atoms with E-state index in [9.17, 15) is 5.11 Å². The van der Waals surface area contributed by atoms with Gasteiger partial charge in [-0.2, -0.15) is 0 Å². The van der Waals surface area contributed by atoms with Crippen LogP contribution < -0.4 is 10.6 Å². The molecule has 0 spiro atoms. The first kappa shape index (κ1) is 14.4. The summed E-state index contributed by atoms with van der Waals surface area (Å²) in [4.78, 5) is 10.4. The minimum atomic E-state index is -0.716. The molecule has 1 saturated heterocycles. The van der Waals surface area contributed by atoms with E-state index in [0.717, 1.165) is 5.82 Å². The SMILES string of the molecule is CSc1nc(N)cc(N(C)CC2(O)CCOCC2)n1. The minimum Gasteiger partial charge on any atom is -0.388 e. The van der Waals surface area contributed by atoms with Gasteiger partial charge in [-0.25, -0.2) is 9.97 Å². The average molecular weight is 284 g/mol. The molecule has 19 heavy (non-hydrogen) atoms. The minimum absolute atomic E-state index is 0.445. The first-order valence-electron chi connectivity index (χ1n) is 6.22. The molecule has 3 N–H and O–H groups in total. The molecule has 6 nitrogen and oxygen atoms in total. The molecule has 0 amide bonds. The molecule has 1 aliphatic heterocycles. The van der Waals surface area contributed by atoms with Crippen LogP contribution in [0.15, 0.2) is 11.2 Å². The van der Waals surface area contributed by atoms with E-state index in [2.05, 4.69) is 9.97 Å². The second-order valence-corrected chi connectivity index (χ2v) is 5.60. The van der Waals surface area contributed by atoms with E-state index >= 15 is 0 Å². The van der Waals surface area contributed by atoms with Crippen LogP contribution in [0.3, 0.4) is 0 Å². The quantitative estimate of drug-likeness (QED) is 0.623. The number of nitrogen functional groups attached to an aromatic ring is 1. The normalized spacial score (nSPS) is 18.3. The fourth-order valence-electron chi connectivity index (χ4n) is 2.15. The molecule has 0 atom stereocenters. The highest BCUT2D eigenvalue weighted by Crippen LogP contribution is 2.24. The summed E-state index contributed by atoms with van der Waals surface area (Å²) in [5.74, 6) is 1.18. The maximum atomic E-state index is 10.5. The van der Waals surface area contributed by atoms with Crippen LogP contribution in [0.5, 0.6) is 0 Å². The van der Waals surface area contributed by atoms with E-state index in [1.165, 1.54) is 11.8 Å². The number of nitrogens with zero attached hydrogens (tertiary/aromatic N) is 3. The number of aromatic nitrogens is 2. The Hall–Kier alpha value is -1.05. The first-order valence-corrected chi connectivity index (χ1v) is 7.45. The van der Waals surface area contributed by atoms with Gasteiger partial charge in [0.2, 0.25) is 0 Å². The number of thioether (sulfide) groups is 1. The fourth-order valence-corrected chi connectivity index (χ4v) is 2.53. The summed E-state index contributed by atoms with van der Waals surface area (Å²) in [5.41, 5.74) is 5.05. The van der Waals surface area contributed by atoms with Crippen molar-refractivity contribution in [1.29, 1.82) is 0 Å². The van der Waals surface area contributed by atoms with Crippen molar-refractivity contribution >= 4 is 23.4 Å². The third-order valence-electron chi connectivity index (χ3n) is 3.24. The molecule has 0 aliphatic carbocycles. The van der Waals surface area contributed by atoms with Gasteiger partial charge in [0.05, 0.1) is 5.60 Å². The Balaban J connectivity index is 2.10. The van der Waals surface area contributed by atoms with Crippen LogP contribution in [0.1, 0.15) is 12.8 Å². The average Bonchev–Trinajstić information content (AvgIpc) is 2.38. The van der Waals surface area contributed by atoms with Crippen molar-refractivity contribution in [2.24, 2.45) is 0 Å². The second-order valence-electron chi connectivity index (χ2n) is 4.83. The zero-order valence-electron chi connectivity index (χ0n) is 11.3. The molecular formula is C12H20N4O2S. The molecule has 2 rings (SSSR count). The van der Waals surface area contributed by atoms with E-state index in [4.69, 9.17) is 10.5 Å². The number of likely N-dealkylation sites (N-methyl/N-ethyl adjacent to an activating group) is 1. The molecule has 1 aromatic heterocycles. The molecule has 0 radical (unpaired) electrons. The van der Waals surface area contributed by atoms with Crippen molar-refractivity contribution in [1.82, 2.24) is 9.97 Å². The van der Waals surface area contributed by atoms with Gasteiger partial charge in [-0.3, -0.25) is 0 Å². The maximum absolute atomic E-state index is 10.5. The Morgan fingerprint density at radius 2 is 2.16 bits per heavy atom. The Morgan fingerprint density at radius 1 is 1.47 bits per heavy atom. The van der Waals surface area contributed by atoms with Crippen molar-refractivity contribution in [2.75, 3.05) is 43.7 Å². The third kappa shape index (κ3) is 3.71. The van der Waals surface area contributed by atoms with Gasteiger partial charge in [-0.1, -0.05) is 11.8 Å². The van der Waals surface area contributed by atoms with Crippen LogP contribution >= 0.6 is 11.8 Å². The molecule has 106 valence electrons. The lowest BCUT2D eigenvalue weighted by molar-refractivity contribution is -0.0573. The van der Waals surface area contributed by atoms with Gasteiger partial charge in [0.25, 0.3) is 0 Å². The zero-order valence-corrected chi connectivity index (χ0v) is 12.1. The lowest BCUT2D eigenvalue weighted by Crippen LogP contribution is -2.46. The van der Waals surface area contributed by atoms with Crippen molar-refractivity contribution in [2.45, 2.75) is 23.6 Å². The first-order chi connectivity index (χ1) is 9.02. The Kier molecular flexibility index (Phi) is 4.49. The highest BCUT2D eigenvalue weighted by molar-refractivity contribution is 7.98. The monoisotopic (exact) mass is 284 g/mol. The lowest BCUT2D eigenvalue weighted by Gasteiger charge is -2.35. The molecule has 1 aliphatic rings. The van der Waals surface area contributed by atoms with Crippen LogP contribution in [0.2, 0.25) is 0 Å². The van der Waals surface area contributed by atoms with Crippen LogP contribution in [-0.4, -0.2) is 53.7 Å². The van der Waals surface area contributed by atoms with Gasteiger partial charge in [0.15, 0.2) is 5.16 Å². The summed E-state index contributed by atoms with van der Waals surface area (Å²) >= 11 is 1.45. The largest absolute Gasteiger partial charge is 0.388 e. The topological polar surface area (TPSA) is 84.5 Å². The van der Waals surface area contributed by atoms with Gasteiger partial charge in [-0.05, 0) is 6.26 Å². The third-order valence-corrected chi connectivity index (χ3v) is 3.79. The molecule has 0 saturated carbocycles. The van der Waals surface area contributed by atoms with E-state index in [-0.39, 0.29) is 0 Å². The van der Waals surface area contributed by atoms with E-state index in [1.807, 2.05) is 18.2 Å². The summed E-state index contributed by atoms with van der Waals surface area (Å²) < 4.78 is 5.28. The second kappa shape index (κ2) is 5.94. The van der Waals surface area contributed by atoms with Crippen LogP contribution in [0.4, 0.5) is 11.6 Å². The molecule has 0 aromatic carbocycles. The summed E-state index contributed by atoms with van der Waals surface area (Å²) in [5, 5.41) is 11.1. The van der Waals surface area contributed by atoms with Crippen LogP contribution in [-0.2, 0) is 4.74 Å². The molecule has 0 bridgehead atoms. The molecule has 0 unspecified atom stereocenters. The number of rotatable bonds is 4. The standard InChI is InChI=1S/C12H20N4O2S/c1-16(8-12(17)3-5-18-6-4-12)10-7-9(13)14-11(15-10)19-2/h7,17H,3-6,8H2,1-2H3,(H2,13,14,15). The highest BCUT2D eigenvalue weighted by atomic mass is 32.2. The summed E-state index contributed by atoms with van der Waals surface area (Å²) in [6.07, 6.45) is 3.20. The molecule has 1 fully saturated rings. The van der Waals surface area contributed by atoms with Crippen molar-refractivity contribution in [3.05, 3.63) is 6.07 Å². The van der Waals surface area contributed by atoms with Crippen molar-refractivity contribution in [3.8, 4) is 0 Å². The number of hydrogen-bond donors (Lipinski definition) is 2. The van der Waals surface area contributed by atoms with Gasteiger partial charge in [0, 0.05) is 45.7 Å². The Labute approximate surface area is 117 Å².